The van der Waals surface area contributed by atoms with Gasteiger partial charge in [-0.1, -0.05) is 84.9 Å². The molecule has 11 aromatic rings. The Labute approximate surface area is 304 Å². The number of benzene rings is 7. The Balaban J connectivity index is 1.15. The predicted octanol–water partition coefficient (Wildman–Crippen LogP) is 12.6. The zero-order valence-electron chi connectivity index (χ0n) is 28.5. The van der Waals surface area contributed by atoms with Crippen LogP contribution < -0.4 is 0 Å². The monoisotopic (exact) mass is 675 g/mol. The van der Waals surface area contributed by atoms with Gasteiger partial charge in [0.25, 0.3) is 0 Å². The Morgan fingerprint density at radius 3 is 1.64 bits per heavy atom. The maximum atomic E-state index is 8.07. The van der Waals surface area contributed by atoms with Crippen LogP contribution in [0.1, 0.15) is 0 Å². The van der Waals surface area contributed by atoms with Crippen molar-refractivity contribution in [2.75, 3.05) is 0 Å². The molecule has 0 radical (unpaired) electrons. The van der Waals surface area contributed by atoms with Crippen LogP contribution >= 0.6 is 0 Å². The summed E-state index contributed by atoms with van der Waals surface area (Å²) in [5.74, 6) is 0. The van der Waals surface area contributed by atoms with Crippen molar-refractivity contribution >= 4 is 71.1 Å². The van der Waals surface area contributed by atoms with Crippen molar-refractivity contribution in [2.24, 2.45) is 0 Å². The molecule has 0 saturated heterocycles. The summed E-state index contributed by atoms with van der Waals surface area (Å²) in [6.45, 7) is 8.07. The minimum absolute atomic E-state index is 0.600. The van der Waals surface area contributed by atoms with Crippen molar-refractivity contribution in [3.8, 4) is 28.2 Å². The number of hydrogen-bond acceptors (Lipinski definition) is 1. The van der Waals surface area contributed by atoms with E-state index in [2.05, 4.69) is 175 Å². The zero-order chi connectivity index (χ0) is 35.0. The van der Waals surface area contributed by atoms with Crippen molar-refractivity contribution in [3.05, 3.63) is 188 Å². The highest BCUT2D eigenvalue weighted by Crippen LogP contribution is 2.43. The molecule has 53 heavy (non-hydrogen) atoms. The van der Waals surface area contributed by atoms with Gasteiger partial charge in [0.1, 0.15) is 0 Å². The molecule has 246 valence electrons. The highest BCUT2D eigenvalue weighted by molar-refractivity contribution is 6.28. The SMILES string of the molecule is [C-]#[N+]c1cc(-c2cccc(-n3c4cnccc4c4c5c6ccccc6n(-c6ccccc6)c5ccc43)c2)cc(-n2c3ccccc3c3ccccc32)c1. The van der Waals surface area contributed by atoms with Crippen LogP contribution in [0.3, 0.4) is 0 Å². The van der Waals surface area contributed by atoms with Gasteiger partial charge in [0.15, 0.2) is 5.69 Å². The lowest BCUT2D eigenvalue weighted by molar-refractivity contribution is 1.16. The van der Waals surface area contributed by atoms with Crippen molar-refractivity contribution in [1.82, 2.24) is 18.7 Å². The van der Waals surface area contributed by atoms with Crippen molar-refractivity contribution < 1.29 is 0 Å². The Morgan fingerprint density at radius 1 is 0.396 bits per heavy atom. The molecule has 0 bridgehead atoms. The van der Waals surface area contributed by atoms with Crippen molar-refractivity contribution in [3.63, 3.8) is 0 Å². The van der Waals surface area contributed by atoms with E-state index in [-0.39, 0.29) is 0 Å². The summed E-state index contributed by atoms with van der Waals surface area (Å²) in [7, 11) is 0. The van der Waals surface area contributed by atoms with E-state index in [0.717, 1.165) is 55.6 Å². The van der Waals surface area contributed by atoms with E-state index >= 15 is 0 Å². The molecule has 4 heterocycles. The fraction of sp³-hybridized carbons (Fsp3) is 0. The first-order chi connectivity index (χ1) is 26.3. The summed E-state index contributed by atoms with van der Waals surface area (Å²) < 4.78 is 6.98. The summed E-state index contributed by atoms with van der Waals surface area (Å²) in [5.41, 5.74) is 12.5. The van der Waals surface area contributed by atoms with Gasteiger partial charge in [0, 0.05) is 55.6 Å². The quantitative estimate of drug-likeness (QED) is 0.171. The second-order valence-electron chi connectivity index (χ2n) is 13.5. The van der Waals surface area contributed by atoms with E-state index in [4.69, 9.17) is 6.57 Å². The van der Waals surface area contributed by atoms with Crippen molar-refractivity contribution in [1.29, 1.82) is 0 Å². The van der Waals surface area contributed by atoms with Gasteiger partial charge in [-0.25, -0.2) is 4.85 Å². The molecule has 0 aliphatic heterocycles. The standard InChI is InChI=1S/C48H29N5/c1-49-33-26-32(28-36(29-33)53-41-19-8-5-16-37(41)38-17-6-9-20-42(38)53)31-12-11-15-35(27-31)52-45-23-22-44-47(48(45)40-24-25-50-30-46(40)52)39-18-7-10-21-43(39)51(44)34-13-3-2-4-14-34/h2-30H. The van der Waals surface area contributed by atoms with Crippen LogP contribution in [0.4, 0.5) is 5.69 Å². The molecule has 0 fully saturated rings. The fourth-order valence-electron chi connectivity index (χ4n) is 8.53. The summed E-state index contributed by atoms with van der Waals surface area (Å²) >= 11 is 0. The van der Waals surface area contributed by atoms with Crippen molar-refractivity contribution in [2.45, 2.75) is 0 Å². The number of nitrogens with zero attached hydrogens (tertiary/aromatic N) is 5. The van der Waals surface area contributed by atoms with Gasteiger partial charge in [-0.2, -0.15) is 0 Å². The van der Waals surface area contributed by atoms with Crippen LogP contribution in [0.2, 0.25) is 0 Å². The number of aromatic nitrogens is 4. The molecule has 7 aromatic carbocycles. The van der Waals surface area contributed by atoms with Gasteiger partial charge in [-0.3, -0.25) is 4.98 Å². The zero-order valence-corrected chi connectivity index (χ0v) is 28.5. The largest absolute Gasteiger partial charge is 0.310 e. The van der Waals surface area contributed by atoms with Gasteiger partial charge in [-0.15, -0.1) is 0 Å². The number of para-hydroxylation sites is 4. The molecule has 0 atom stereocenters. The minimum atomic E-state index is 0.600. The normalized spacial score (nSPS) is 11.8. The third kappa shape index (κ3) is 4.27. The second kappa shape index (κ2) is 11.3. The second-order valence-corrected chi connectivity index (χ2v) is 13.5. The molecular weight excluding hydrogens is 647 g/mol. The minimum Gasteiger partial charge on any atom is -0.310 e. The Kier molecular flexibility index (Phi) is 6.25. The molecule has 5 heteroatoms. The molecule has 11 rings (SSSR count). The topological polar surface area (TPSA) is 32.0 Å². The van der Waals surface area contributed by atoms with E-state index < -0.39 is 0 Å². The lowest BCUT2D eigenvalue weighted by atomic mass is 10.0. The molecule has 0 amide bonds. The van der Waals surface area contributed by atoms with Crippen LogP contribution in [0.15, 0.2) is 176 Å². The molecule has 4 aromatic heterocycles. The van der Waals surface area contributed by atoms with Crippen LogP contribution in [0.25, 0.3) is 98.5 Å². The van der Waals surface area contributed by atoms with Crippen LogP contribution in [-0.2, 0) is 0 Å². The average Bonchev–Trinajstić information content (AvgIpc) is 3.87. The van der Waals surface area contributed by atoms with Gasteiger partial charge in [-0.05, 0) is 90.0 Å². The van der Waals surface area contributed by atoms with E-state index in [1.807, 2.05) is 24.5 Å². The van der Waals surface area contributed by atoms with Gasteiger partial charge >= 0.3 is 0 Å². The molecule has 0 saturated carbocycles. The summed E-state index contributed by atoms with van der Waals surface area (Å²) in [4.78, 5) is 8.56. The molecule has 0 unspecified atom stereocenters. The molecular formula is C48H29N5. The number of fused-ring (bicyclic) bond motifs is 10. The Hall–Kier alpha value is -7.42. The summed E-state index contributed by atoms with van der Waals surface area (Å²) in [6.07, 6.45) is 3.87. The first-order valence-corrected chi connectivity index (χ1v) is 17.7. The van der Waals surface area contributed by atoms with E-state index in [1.165, 1.54) is 38.0 Å². The van der Waals surface area contributed by atoms with Gasteiger partial charge in [0.05, 0.1) is 45.9 Å². The number of pyridine rings is 1. The molecule has 0 spiro atoms. The third-order valence-electron chi connectivity index (χ3n) is 10.7. The Morgan fingerprint density at radius 2 is 0.943 bits per heavy atom. The molecule has 0 N–H and O–H groups in total. The highest BCUT2D eigenvalue weighted by atomic mass is 15.0. The first-order valence-electron chi connectivity index (χ1n) is 17.7. The van der Waals surface area contributed by atoms with Crippen LogP contribution in [-0.4, -0.2) is 18.7 Å². The van der Waals surface area contributed by atoms with Gasteiger partial charge < -0.3 is 13.7 Å². The van der Waals surface area contributed by atoms with E-state index in [9.17, 15) is 0 Å². The lowest BCUT2D eigenvalue weighted by Crippen LogP contribution is -1.96. The Bertz CT molecular complexity index is 3250. The number of rotatable bonds is 4. The van der Waals surface area contributed by atoms with Crippen LogP contribution in [0, 0.1) is 6.57 Å². The van der Waals surface area contributed by atoms with Gasteiger partial charge in [0.2, 0.25) is 0 Å². The fourth-order valence-corrected chi connectivity index (χ4v) is 8.53. The first kappa shape index (κ1) is 29.3. The van der Waals surface area contributed by atoms with Crippen LogP contribution in [0.5, 0.6) is 0 Å². The lowest BCUT2D eigenvalue weighted by Gasteiger charge is -2.13. The average molecular weight is 676 g/mol. The van der Waals surface area contributed by atoms with E-state index in [0.29, 0.717) is 5.69 Å². The third-order valence-corrected chi connectivity index (χ3v) is 10.7. The summed E-state index contributed by atoms with van der Waals surface area (Å²) in [5, 5.41) is 7.20. The maximum absolute atomic E-state index is 8.07. The summed E-state index contributed by atoms with van der Waals surface area (Å²) in [6, 6.07) is 57.8. The van der Waals surface area contributed by atoms with E-state index in [1.54, 1.807) is 0 Å². The predicted molar refractivity (Wildman–Crippen MR) is 219 cm³/mol. The number of hydrogen-bond donors (Lipinski definition) is 0. The molecule has 5 nitrogen and oxygen atoms in total. The maximum Gasteiger partial charge on any atom is 0.189 e. The highest BCUT2D eigenvalue weighted by Gasteiger charge is 2.21. The smallest absolute Gasteiger partial charge is 0.189 e. The molecule has 0 aliphatic carbocycles. The molecule has 0 aliphatic rings.